The van der Waals surface area contributed by atoms with E-state index in [-0.39, 0.29) is 41.5 Å². The maximum Gasteiger partial charge on any atom is 0.306 e. The topological polar surface area (TPSA) is 129 Å². The summed E-state index contributed by atoms with van der Waals surface area (Å²) in [4.78, 5) is 42.7. The highest BCUT2D eigenvalue weighted by Crippen LogP contribution is 2.59. The van der Waals surface area contributed by atoms with E-state index < -0.39 is 65.5 Å². The zero-order chi connectivity index (χ0) is 36.9. The fourth-order valence-electron chi connectivity index (χ4n) is 6.57. The van der Waals surface area contributed by atoms with Crippen LogP contribution in [0.1, 0.15) is 82.8 Å². The summed E-state index contributed by atoms with van der Waals surface area (Å²) in [5.74, 6) is -5.35. The van der Waals surface area contributed by atoms with Crippen LogP contribution >= 0.6 is 22.9 Å². The van der Waals surface area contributed by atoms with Crippen LogP contribution in [-0.4, -0.2) is 55.0 Å². The lowest BCUT2D eigenvalue weighted by Crippen LogP contribution is -2.47. The minimum Gasteiger partial charge on any atom is -0.463 e. The number of hydrogen-bond donors (Lipinski definition) is 1. The van der Waals surface area contributed by atoms with Crippen molar-refractivity contribution in [3.8, 4) is 16.1 Å². The summed E-state index contributed by atoms with van der Waals surface area (Å²) in [6, 6.07) is 10.6. The minimum absolute atomic E-state index is 0.0163. The molecule has 0 spiro atoms. The predicted molar refractivity (Wildman–Crippen MR) is 184 cm³/mol. The molecule has 0 bridgehead atoms. The molecule has 1 fully saturated rings. The first-order valence-corrected chi connectivity index (χ1v) is 17.4. The normalized spacial score (nSPS) is 19.4. The third-order valence-electron chi connectivity index (χ3n) is 9.32. The van der Waals surface area contributed by atoms with E-state index in [1.807, 2.05) is 45.0 Å². The van der Waals surface area contributed by atoms with Crippen molar-refractivity contribution in [2.75, 3.05) is 6.61 Å². The summed E-state index contributed by atoms with van der Waals surface area (Å²) < 4.78 is 62.9. The van der Waals surface area contributed by atoms with Gasteiger partial charge >= 0.3 is 5.97 Å². The van der Waals surface area contributed by atoms with Crippen molar-refractivity contribution in [1.82, 2.24) is 24.6 Å². The molecule has 1 aliphatic carbocycles. The van der Waals surface area contributed by atoms with E-state index in [9.17, 15) is 27.2 Å². The highest BCUT2D eigenvalue weighted by molar-refractivity contribution is 7.13. The number of nitrogens with two attached hydrogens (primary N) is 1. The van der Waals surface area contributed by atoms with E-state index in [4.69, 9.17) is 27.1 Å². The van der Waals surface area contributed by atoms with Crippen LogP contribution in [0.4, 0.5) is 17.6 Å². The number of aliphatic imine (C=N–C) groups is 1. The number of ether oxygens (including phenoxy) is 1. The maximum atomic E-state index is 14.9. The number of amides is 1. The molecule has 1 saturated carbocycles. The fraction of sp³-hybridized carbons (Fsp3) is 0.429. The zero-order valence-corrected chi connectivity index (χ0v) is 29.8. The third kappa shape index (κ3) is 7.10. The van der Waals surface area contributed by atoms with Crippen LogP contribution in [0.2, 0.25) is 5.02 Å². The van der Waals surface area contributed by atoms with Crippen molar-refractivity contribution in [3.63, 3.8) is 0 Å². The number of thiazole rings is 1. The van der Waals surface area contributed by atoms with Crippen molar-refractivity contribution < 1.29 is 31.9 Å². The molecule has 2 aromatic heterocycles. The first-order valence-electron chi connectivity index (χ1n) is 16.1. The summed E-state index contributed by atoms with van der Waals surface area (Å²) in [5.41, 5.74) is 6.65. The van der Waals surface area contributed by atoms with Crippen molar-refractivity contribution in [2.24, 2.45) is 21.6 Å². The molecule has 6 rings (SSSR count). The number of halogens is 5. The number of esters is 1. The second-order valence-electron chi connectivity index (χ2n) is 14.3. The molecule has 2 aliphatic rings. The van der Waals surface area contributed by atoms with Gasteiger partial charge in [0.15, 0.2) is 17.3 Å². The molecular weight excluding hydrogens is 710 g/mol. The number of carbonyl (C=O) groups excluding carboxylic acids is 2. The van der Waals surface area contributed by atoms with Crippen molar-refractivity contribution in [2.45, 2.75) is 77.3 Å². The van der Waals surface area contributed by atoms with Gasteiger partial charge < -0.3 is 10.5 Å². The van der Waals surface area contributed by atoms with E-state index in [1.165, 1.54) is 34.4 Å². The molecule has 2 atom stereocenters. The molecule has 2 aromatic carbocycles. The van der Waals surface area contributed by atoms with Gasteiger partial charge in [-0.1, -0.05) is 62.7 Å². The smallest absolute Gasteiger partial charge is 0.306 e. The molecular formula is C35H36ClF4N7O3S. The Morgan fingerprint density at radius 2 is 1.82 bits per heavy atom. The van der Waals surface area contributed by atoms with Gasteiger partial charge in [-0.25, -0.2) is 32.2 Å². The molecule has 51 heavy (non-hydrogen) atoms. The van der Waals surface area contributed by atoms with Gasteiger partial charge in [0.1, 0.15) is 12.9 Å². The number of carbonyl (C=O) groups is 2. The second kappa shape index (κ2) is 13.3. The Morgan fingerprint density at radius 3 is 2.41 bits per heavy atom. The fourth-order valence-corrected chi connectivity index (χ4v) is 7.39. The standard InChI is InChI=1S/C35H36ClF4N7O3S/c1-32(2,3)17-35(22-8-5-20(6-9-22)26-15-42-19-51-26)30(49)46(31(41)45-35)25(16-50-27(48)14-34(11-12-34)33(4,39)40)21-7-10-23(36)24(13-21)47-29(28(37)38)43-18-44-47/h5-10,13,15,18-19,25,28H,11-12,14,16-17H2,1-4H3,(H2,41,45)/t25-,35-/m1/s1. The van der Waals surface area contributed by atoms with E-state index in [0.29, 0.717) is 5.56 Å². The number of benzene rings is 2. The number of aromatic nitrogens is 4. The summed E-state index contributed by atoms with van der Waals surface area (Å²) >= 11 is 7.93. The van der Waals surface area contributed by atoms with E-state index in [2.05, 4.69) is 15.1 Å². The van der Waals surface area contributed by atoms with Gasteiger partial charge in [-0.15, -0.1) is 11.3 Å². The molecule has 4 aromatic rings. The molecule has 2 N–H and O–H groups in total. The van der Waals surface area contributed by atoms with Crippen LogP contribution in [-0.2, 0) is 19.9 Å². The first-order chi connectivity index (χ1) is 23.9. The number of rotatable bonds is 12. The lowest BCUT2D eigenvalue weighted by Gasteiger charge is -2.35. The molecule has 0 radical (unpaired) electrons. The molecule has 3 heterocycles. The molecule has 10 nitrogen and oxygen atoms in total. The number of guanidine groups is 1. The zero-order valence-electron chi connectivity index (χ0n) is 28.2. The average molecular weight is 746 g/mol. The highest BCUT2D eigenvalue weighted by Gasteiger charge is 2.60. The summed E-state index contributed by atoms with van der Waals surface area (Å²) in [6.45, 7) is 6.15. The van der Waals surface area contributed by atoms with Crippen LogP contribution < -0.4 is 5.73 Å². The van der Waals surface area contributed by atoms with Crippen LogP contribution in [0.5, 0.6) is 0 Å². The van der Waals surface area contributed by atoms with Gasteiger partial charge in [-0.05, 0) is 60.4 Å². The predicted octanol–water partition coefficient (Wildman–Crippen LogP) is 7.88. The van der Waals surface area contributed by atoms with Gasteiger partial charge in [0.05, 0.1) is 33.6 Å². The van der Waals surface area contributed by atoms with Gasteiger partial charge in [0.25, 0.3) is 18.3 Å². The Bertz CT molecular complexity index is 1950. The molecule has 1 aliphatic heterocycles. The molecule has 16 heteroatoms. The lowest BCUT2D eigenvalue weighted by atomic mass is 9.75. The Balaban J connectivity index is 1.41. The molecule has 1 amide bonds. The van der Waals surface area contributed by atoms with E-state index >= 15 is 0 Å². The molecule has 270 valence electrons. The molecule has 0 saturated heterocycles. The summed E-state index contributed by atoms with van der Waals surface area (Å²) in [5, 5.41) is 3.96. The summed E-state index contributed by atoms with van der Waals surface area (Å²) in [7, 11) is 0. The van der Waals surface area contributed by atoms with Gasteiger partial charge in [-0.3, -0.25) is 19.5 Å². The van der Waals surface area contributed by atoms with E-state index in [1.54, 1.807) is 11.7 Å². The first kappa shape index (κ1) is 36.4. The van der Waals surface area contributed by atoms with Crippen LogP contribution in [0, 0.1) is 10.8 Å². The minimum atomic E-state index is -3.10. The quantitative estimate of drug-likeness (QED) is 0.115. The SMILES string of the molecule is CC(C)(C)C[C@]1(c2ccc(-c3cncs3)cc2)N=C(N)N([C@H](COC(=O)CC2(C(C)(F)F)CC2)c2ccc(Cl)c(-n3ncnc3C(F)F)c2)C1=O. The monoisotopic (exact) mass is 745 g/mol. The van der Waals surface area contributed by atoms with Crippen LogP contribution in [0.25, 0.3) is 16.1 Å². The van der Waals surface area contributed by atoms with Gasteiger partial charge in [-0.2, -0.15) is 5.10 Å². The third-order valence-corrected chi connectivity index (χ3v) is 10.5. The maximum absolute atomic E-state index is 14.9. The molecule has 0 unspecified atom stereocenters. The Hall–Kier alpha value is -4.37. The van der Waals surface area contributed by atoms with Crippen molar-refractivity contribution in [1.29, 1.82) is 0 Å². The number of alkyl halides is 4. The average Bonchev–Trinajstić information content (AvgIpc) is 3.38. The lowest BCUT2D eigenvalue weighted by molar-refractivity contribution is -0.153. The van der Waals surface area contributed by atoms with Crippen molar-refractivity contribution >= 4 is 40.8 Å². The Labute approximate surface area is 300 Å². The Morgan fingerprint density at radius 1 is 1.12 bits per heavy atom. The van der Waals surface area contributed by atoms with Crippen LogP contribution in [0.15, 0.2) is 65.5 Å². The van der Waals surface area contributed by atoms with Crippen molar-refractivity contribution in [3.05, 3.63) is 82.5 Å². The Kier molecular flexibility index (Phi) is 9.51. The van der Waals surface area contributed by atoms with E-state index in [0.717, 1.165) is 28.4 Å². The second-order valence-corrected chi connectivity index (χ2v) is 15.6. The number of nitrogens with zero attached hydrogens (tertiary/aromatic N) is 6. The van der Waals surface area contributed by atoms with Gasteiger partial charge in [0, 0.05) is 11.6 Å². The highest BCUT2D eigenvalue weighted by atomic mass is 35.5. The largest absolute Gasteiger partial charge is 0.463 e. The number of hydrogen-bond acceptors (Lipinski definition) is 9. The van der Waals surface area contributed by atoms with Crippen LogP contribution in [0.3, 0.4) is 0 Å². The summed E-state index contributed by atoms with van der Waals surface area (Å²) in [6.07, 6.45) is -0.244. The van der Waals surface area contributed by atoms with Gasteiger partial charge in [0.2, 0.25) is 0 Å².